The first-order valence-corrected chi connectivity index (χ1v) is 8.54. The van der Waals surface area contributed by atoms with Gasteiger partial charge in [-0.3, -0.25) is 19.8 Å². The number of aromatic nitrogens is 1. The summed E-state index contributed by atoms with van der Waals surface area (Å²) in [4.78, 5) is 31.2. The molecule has 1 aliphatic heterocycles. The molecule has 0 radical (unpaired) electrons. The predicted molar refractivity (Wildman–Crippen MR) is 114 cm³/mol. The number of pyridine rings is 1. The third-order valence-electron chi connectivity index (χ3n) is 4.34. The van der Waals surface area contributed by atoms with Crippen LogP contribution in [0.1, 0.15) is 6.42 Å². The molecule has 1 N–H and O–H groups in total. The summed E-state index contributed by atoms with van der Waals surface area (Å²) in [6, 6.07) is 11.9. The summed E-state index contributed by atoms with van der Waals surface area (Å²) < 4.78 is 0. The molecule has 1 aromatic carbocycles. The number of nitro groups is 1. The summed E-state index contributed by atoms with van der Waals surface area (Å²) in [6.07, 6.45) is 2.15. The van der Waals surface area contributed by atoms with Gasteiger partial charge in [-0.2, -0.15) is 0 Å². The van der Waals surface area contributed by atoms with Gasteiger partial charge in [0.25, 0.3) is 5.69 Å². The maximum absolute atomic E-state index is 12.1. The molecule has 8 nitrogen and oxygen atoms in total. The van der Waals surface area contributed by atoms with Crippen molar-refractivity contribution in [3.05, 3.63) is 58.8 Å². The fourth-order valence-electron chi connectivity index (χ4n) is 2.92. The second kappa shape index (κ2) is 11.4. The van der Waals surface area contributed by atoms with Gasteiger partial charge >= 0.3 is 0 Å². The first kappa shape index (κ1) is 23.6. The molecule has 0 unspecified atom stereocenters. The monoisotopic (exact) mass is 427 g/mol. The average molecular weight is 428 g/mol. The number of nitro benzene ring substituents is 1. The number of rotatable bonds is 6. The number of carbonyl (C=O) groups excluding carboxylic acids is 1. The fourth-order valence-corrected chi connectivity index (χ4v) is 2.92. The molecule has 3 rings (SSSR count). The maximum atomic E-state index is 12.1. The van der Waals surface area contributed by atoms with Gasteiger partial charge in [0.05, 0.1) is 4.92 Å². The Morgan fingerprint density at radius 3 is 2.50 bits per heavy atom. The molecule has 2 heterocycles. The van der Waals surface area contributed by atoms with Crippen LogP contribution in [0, 0.1) is 10.1 Å². The molecule has 152 valence electrons. The van der Waals surface area contributed by atoms with E-state index in [1.54, 1.807) is 18.3 Å². The molecule has 1 aliphatic rings. The highest BCUT2D eigenvalue weighted by molar-refractivity contribution is 5.91. The summed E-state index contributed by atoms with van der Waals surface area (Å²) in [5.41, 5.74) is 0.414. The van der Waals surface area contributed by atoms with Crippen LogP contribution >= 0.6 is 24.8 Å². The van der Waals surface area contributed by atoms with E-state index in [4.69, 9.17) is 0 Å². The van der Waals surface area contributed by atoms with Gasteiger partial charge in [0.1, 0.15) is 5.82 Å². The van der Waals surface area contributed by atoms with Gasteiger partial charge in [-0.05, 0) is 18.2 Å². The first-order valence-electron chi connectivity index (χ1n) is 8.54. The van der Waals surface area contributed by atoms with E-state index in [0.29, 0.717) is 18.7 Å². The number of hydrogen-bond donors (Lipinski definition) is 1. The summed E-state index contributed by atoms with van der Waals surface area (Å²) >= 11 is 0. The molecule has 1 fully saturated rings. The van der Waals surface area contributed by atoms with E-state index in [0.717, 1.165) is 32.0 Å². The number of benzene rings is 1. The average Bonchev–Trinajstić information content (AvgIpc) is 2.68. The highest BCUT2D eigenvalue weighted by Crippen LogP contribution is 2.17. The molecule has 0 saturated carbocycles. The van der Waals surface area contributed by atoms with Gasteiger partial charge in [0.15, 0.2) is 0 Å². The van der Waals surface area contributed by atoms with Crippen molar-refractivity contribution in [1.29, 1.82) is 0 Å². The van der Waals surface area contributed by atoms with Crippen molar-refractivity contribution in [3.63, 3.8) is 0 Å². The van der Waals surface area contributed by atoms with Gasteiger partial charge in [0, 0.05) is 63.2 Å². The molecule has 0 spiro atoms. The summed E-state index contributed by atoms with van der Waals surface area (Å²) in [5.74, 6) is 0.841. The van der Waals surface area contributed by atoms with E-state index in [1.807, 2.05) is 18.2 Å². The lowest BCUT2D eigenvalue weighted by atomic mass is 10.2. The van der Waals surface area contributed by atoms with E-state index < -0.39 is 4.92 Å². The van der Waals surface area contributed by atoms with Crippen LogP contribution in [-0.4, -0.2) is 53.4 Å². The van der Waals surface area contributed by atoms with Crippen molar-refractivity contribution in [2.45, 2.75) is 6.42 Å². The quantitative estimate of drug-likeness (QED) is 0.562. The zero-order valence-electron chi connectivity index (χ0n) is 15.2. The SMILES string of the molecule is Cl.Cl.O=C(CCN1CCN(c2ccccn2)CC1)Nc1cccc([N+](=O)[O-])c1. The molecule has 1 aromatic heterocycles. The lowest BCUT2D eigenvalue weighted by molar-refractivity contribution is -0.384. The Kier molecular flexibility index (Phi) is 9.64. The largest absolute Gasteiger partial charge is 0.354 e. The van der Waals surface area contributed by atoms with Gasteiger partial charge < -0.3 is 10.2 Å². The first-order chi connectivity index (χ1) is 12.6. The number of halogens is 2. The van der Waals surface area contributed by atoms with E-state index in [2.05, 4.69) is 20.1 Å². The minimum atomic E-state index is -0.475. The Bertz CT molecular complexity index is 771. The number of carbonyl (C=O) groups is 1. The highest BCUT2D eigenvalue weighted by Gasteiger charge is 2.18. The number of piperazine rings is 1. The number of nitrogens with one attached hydrogen (secondary N) is 1. The molecule has 1 amide bonds. The molecule has 0 bridgehead atoms. The van der Waals surface area contributed by atoms with Crippen LogP contribution in [-0.2, 0) is 4.79 Å². The van der Waals surface area contributed by atoms with E-state index >= 15 is 0 Å². The standard InChI is InChI=1S/C18H21N5O3.2ClH/c24-18(20-15-4-3-5-16(14-15)23(25)26)7-9-21-10-12-22(13-11-21)17-6-1-2-8-19-17;;/h1-6,8,14H,7,9-13H2,(H,20,24);2*1H. The maximum Gasteiger partial charge on any atom is 0.271 e. The zero-order chi connectivity index (χ0) is 18.4. The molecular weight excluding hydrogens is 405 g/mol. The second-order valence-corrected chi connectivity index (χ2v) is 6.12. The minimum Gasteiger partial charge on any atom is -0.354 e. The van der Waals surface area contributed by atoms with Gasteiger partial charge in [-0.15, -0.1) is 24.8 Å². The van der Waals surface area contributed by atoms with Crippen molar-refractivity contribution in [2.24, 2.45) is 0 Å². The van der Waals surface area contributed by atoms with Gasteiger partial charge in [-0.25, -0.2) is 4.98 Å². The predicted octanol–water partition coefficient (Wildman–Crippen LogP) is 2.98. The van der Waals surface area contributed by atoms with Crippen LogP contribution in [0.4, 0.5) is 17.2 Å². The van der Waals surface area contributed by atoms with Crippen LogP contribution < -0.4 is 10.2 Å². The van der Waals surface area contributed by atoms with E-state index in [-0.39, 0.29) is 36.4 Å². The van der Waals surface area contributed by atoms with Gasteiger partial charge in [0.2, 0.25) is 5.91 Å². The summed E-state index contributed by atoms with van der Waals surface area (Å²) in [7, 11) is 0. The molecule has 28 heavy (non-hydrogen) atoms. The Balaban J connectivity index is 0.00000196. The van der Waals surface area contributed by atoms with Gasteiger partial charge in [-0.1, -0.05) is 12.1 Å². The topological polar surface area (TPSA) is 91.6 Å². The van der Waals surface area contributed by atoms with Crippen molar-refractivity contribution >= 4 is 47.9 Å². The van der Waals surface area contributed by atoms with Crippen LogP contribution in [0.5, 0.6) is 0 Å². The van der Waals surface area contributed by atoms with E-state index in [9.17, 15) is 14.9 Å². The lowest BCUT2D eigenvalue weighted by Crippen LogP contribution is -2.47. The Morgan fingerprint density at radius 2 is 1.86 bits per heavy atom. The van der Waals surface area contributed by atoms with Crippen LogP contribution in [0.15, 0.2) is 48.7 Å². The third kappa shape index (κ3) is 6.63. The van der Waals surface area contributed by atoms with E-state index in [1.165, 1.54) is 12.1 Å². The number of hydrogen-bond acceptors (Lipinski definition) is 6. The zero-order valence-corrected chi connectivity index (χ0v) is 16.8. The number of non-ortho nitro benzene ring substituents is 1. The van der Waals surface area contributed by atoms with Crippen LogP contribution in [0.25, 0.3) is 0 Å². The highest BCUT2D eigenvalue weighted by atomic mass is 35.5. The smallest absolute Gasteiger partial charge is 0.271 e. The summed E-state index contributed by atoms with van der Waals surface area (Å²) in [6.45, 7) is 4.17. The van der Waals surface area contributed by atoms with Crippen molar-refractivity contribution in [3.8, 4) is 0 Å². The minimum absolute atomic E-state index is 0. The molecular formula is C18H23Cl2N5O3. The normalized spacial score (nSPS) is 13.8. The Morgan fingerprint density at radius 1 is 1.11 bits per heavy atom. The van der Waals surface area contributed by atoms with Crippen LogP contribution in [0.3, 0.4) is 0 Å². The molecule has 2 aromatic rings. The number of nitrogens with zero attached hydrogens (tertiary/aromatic N) is 4. The molecule has 0 atom stereocenters. The van der Waals surface area contributed by atoms with Crippen molar-refractivity contribution < 1.29 is 9.72 Å². The van der Waals surface area contributed by atoms with Crippen molar-refractivity contribution in [2.75, 3.05) is 42.9 Å². The fraction of sp³-hybridized carbons (Fsp3) is 0.333. The third-order valence-corrected chi connectivity index (χ3v) is 4.34. The molecule has 0 aliphatic carbocycles. The van der Waals surface area contributed by atoms with Crippen LogP contribution in [0.2, 0.25) is 0 Å². The van der Waals surface area contributed by atoms with Crippen molar-refractivity contribution in [1.82, 2.24) is 9.88 Å². The molecule has 1 saturated heterocycles. The molecule has 10 heteroatoms. The Labute approximate surface area is 175 Å². The number of amides is 1. The lowest BCUT2D eigenvalue weighted by Gasteiger charge is -2.35. The number of anilines is 2. The Hall–Kier alpha value is -2.42. The summed E-state index contributed by atoms with van der Waals surface area (Å²) in [5, 5.41) is 13.5. The second-order valence-electron chi connectivity index (χ2n) is 6.12.